The van der Waals surface area contributed by atoms with Gasteiger partial charge in [-0.2, -0.15) is 13.2 Å². The van der Waals surface area contributed by atoms with Crippen molar-refractivity contribution >= 4 is 11.1 Å². The molecule has 0 aliphatic carbocycles. The van der Waals surface area contributed by atoms with Crippen LogP contribution in [0.4, 0.5) is 17.6 Å². The van der Waals surface area contributed by atoms with Crippen molar-refractivity contribution in [3.63, 3.8) is 0 Å². The lowest BCUT2D eigenvalue weighted by Gasteiger charge is -2.37. The number of oxazole rings is 1. The molecule has 3 aromatic carbocycles. The van der Waals surface area contributed by atoms with E-state index in [9.17, 15) is 22.7 Å². The highest BCUT2D eigenvalue weighted by Gasteiger charge is 2.37. The molecule has 1 atom stereocenters. The highest BCUT2D eigenvalue weighted by molar-refractivity contribution is 5.92. The second-order valence-corrected chi connectivity index (χ2v) is 9.52. The number of aliphatic hydroxyl groups excluding tert-OH is 1. The Balaban J connectivity index is 1.58. The highest BCUT2D eigenvalue weighted by Crippen LogP contribution is 2.43. The lowest BCUT2D eigenvalue weighted by molar-refractivity contribution is -0.137. The van der Waals surface area contributed by atoms with Crippen molar-refractivity contribution in [3.8, 4) is 34.0 Å². The van der Waals surface area contributed by atoms with Crippen LogP contribution in [0.15, 0.2) is 65.3 Å². The molecule has 6 rings (SSSR count). The Kier molecular flexibility index (Phi) is 6.19. The second kappa shape index (κ2) is 9.58. The van der Waals surface area contributed by atoms with E-state index >= 15 is 0 Å². The van der Waals surface area contributed by atoms with Crippen molar-refractivity contribution in [2.75, 3.05) is 19.7 Å². The van der Waals surface area contributed by atoms with Crippen LogP contribution in [0, 0.1) is 5.82 Å². The normalized spacial score (nSPS) is 15.0. The Morgan fingerprint density at radius 2 is 1.79 bits per heavy atom. The van der Waals surface area contributed by atoms with Crippen molar-refractivity contribution in [2.24, 2.45) is 7.05 Å². The number of aryl methyl sites for hydroxylation is 1. The Hall–Kier alpha value is -4.09. The first-order chi connectivity index (χ1) is 18.7. The van der Waals surface area contributed by atoms with Crippen LogP contribution in [-0.2, 0) is 13.2 Å². The molecule has 5 aromatic rings. The van der Waals surface area contributed by atoms with Gasteiger partial charge in [-0.3, -0.25) is 4.90 Å². The van der Waals surface area contributed by atoms with Crippen LogP contribution >= 0.6 is 0 Å². The third-order valence-corrected chi connectivity index (χ3v) is 7.09. The molecule has 0 radical (unpaired) electrons. The zero-order valence-electron chi connectivity index (χ0n) is 20.8. The van der Waals surface area contributed by atoms with Crippen LogP contribution in [0.2, 0.25) is 0 Å². The van der Waals surface area contributed by atoms with E-state index in [2.05, 4.69) is 15.2 Å². The number of likely N-dealkylation sites (tertiary alicyclic amines) is 1. The number of benzene rings is 3. The quantitative estimate of drug-likeness (QED) is 0.274. The summed E-state index contributed by atoms with van der Waals surface area (Å²) in [5, 5.41) is 18.2. The molecule has 7 nitrogen and oxygen atoms in total. The summed E-state index contributed by atoms with van der Waals surface area (Å²) in [7, 11) is 1.74. The largest absolute Gasteiger partial charge is 0.435 e. The third kappa shape index (κ3) is 4.47. The standard InChI is InChI=1S/C28H23F4N5O2/c1-36-15-33-35-26(36)24-19(16-6-8-18(29)9-7-16)4-2-5-20(24)27-34-22-13-17(23(14-38)37-10-3-11-37)12-21(25(22)39-27)28(30,31)32/h2,4-9,12-13,15,23,38H,3,10-11,14H2,1H3/t23-/m1/s1. The fourth-order valence-corrected chi connectivity index (χ4v) is 5.01. The Labute approximate surface area is 220 Å². The predicted molar refractivity (Wildman–Crippen MR) is 136 cm³/mol. The first-order valence-corrected chi connectivity index (χ1v) is 12.3. The van der Waals surface area contributed by atoms with Crippen molar-refractivity contribution in [2.45, 2.75) is 18.6 Å². The van der Waals surface area contributed by atoms with Gasteiger partial charge in [0.2, 0.25) is 5.89 Å². The molecule has 11 heteroatoms. The van der Waals surface area contributed by atoms with Gasteiger partial charge in [0.15, 0.2) is 11.4 Å². The number of alkyl halides is 3. The average molecular weight is 538 g/mol. The van der Waals surface area contributed by atoms with Crippen LogP contribution in [0.5, 0.6) is 0 Å². The number of aliphatic hydroxyl groups is 1. The van der Waals surface area contributed by atoms with Gasteiger partial charge >= 0.3 is 6.18 Å². The van der Waals surface area contributed by atoms with Crippen molar-refractivity contribution in [3.05, 3.63) is 77.9 Å². The summed E-state index contributed by atoms with van der Waals surface area (Å²) in [4.78, 5) is 6.43. The van der Waals surface area contributed by atoms with E-state index in [0.717, 1.165) is 12.5 Å². The van der Waals surface area contributed by atoms with E-state index in [0.29, 0.717) is 46.7 Å². The van der Waals surface area contributed by atoms with Gasteiger partial charge in [0, 0.05) is 31.3 Å². The zero-order chi connectivity index (χ0) is 27.3. The van der Waals surface area contributed by atoms with Crippen molar-refractivity contribution < 1.29 is 27.1 Å². The van der Waals surface area contributed by atoms with Crippen molar-refractivity contribution in [1.29, 1.82) is 0 Å². The number of aromatic nitrogens is 4. The van der Waals surface area contributed by atoms with E-state index in [4.69, 9.17) is 4.42 Å². The summed E-state index contributed by atoms with van der Waals surface area (Å²) in [5.74, 6) is 0.00473. The maximum Gasteiger partial charge on any atom is 0.420 e. The monoisotopic (exact) mass is 537 g/mol. The fraction of sp³-hybridized carbons (Fsp3) is 0.250. The summed E-state index contributed by atoms with van der Waals surface area (Å²) < 4.78 is 63.9. The molecular formula is C28H23F4N5O2. The molecule has 3 heterocycles. The summed E-state index contributed by atoms with van der Waals surface area (Å²) in [6.07, 6.45) is -2.28. The zero-order valence-corrected chi connectivity index (χ0v) is 20.8. The Morgan fingerprint density at radius 3 is 2.41 bits per heavy atom. The molecule has 0 unspecified atom stereocenters. The summed E-state index contributed by atoms with van der Waals surface area (Å²) in [6, 6.07) is 13.1. The van der Waals surface area contributed by atoms with Gasteiger partial charge in [-0.25, -0.2) is 9.37 Å². The number of nitrogens with zero attached hydrogens (tertiary/aromatic N) is 5. The van der Waals surface area contributed by atoms with Gasteiger partial charge in [-0.15, -0.1) is 10.2 Å². The van der Waals surface area contributed by atoms with E-state index in [1.165, 1.54) is 18.5 Å². The topological polar surface area (TPSA) is 80.2 Å². The summed E-state index contributed by atoms with van der Waals surface area (Å²) in [6.45, 7) is 1.08. The highest BCUT2D eigenvalue weighted by atomic mass is 19.4. The van der Waals surface area contributed by atoms with Gasteiger partial charge in [0.25, 0.3) is 0 Å². The Bertz CT molecular complexity index is 1660. The minimum atomic E-state index is -4.71. The van der Waals surface area contributed by atoms with E-state index in [1.54, 1.807) is 41.9 Å². The van der Waals surface area contributed by atoms with Crippen LogP contribution in [0.1, 0.15) is 23.6 Å². The number of rotatable bonds is 6. The first-order valence-electron chi connectivity index (χ1n) is 12.3. The minimum Gasteiger partial charge on any atom is -0.435 e. The Morgan fingerprint density at radius 1 is 1.05 bits per heavy atom. The smallest absolute Gasteiger partial charge is 0.420 e. The lowest BCUT2D eigenvalue weighted by Crippen LogP contribution is -2.41. The number of hydrogen-bond acceptors (Lipinski definition) is 6. The van der Waals surface area contributed by atoms with Crippen LogP contribution in [-0.4, -0.2) is 49.5 Å². The van der Waals surface area contributed by atoms with Gasteiger partial charge in [0.05, 0.1) is 12.6 Å². The molecule has 0 saturated carbocycles. The molecular weight excluding hydrogens is 514 g/mol. The summed E-state index contributed by atoms with van der Waals surface area (Å²) in [5.41, 5.74) is 1.26. The number of fused-ring (bicyclic) bond motifs is 1. The van der Waals surface area contributed by atoms with Gasteiger partial charge in [0.1, 0.15) is 23.2 Å². The third-order valence-electron chi connectivity index (χ3n) is 7.09. The van der Waals surface area contributed by atoms with E-state index < -0.39 is 29.2 Å². The summed E-state index contributed by atoms with van der Waals surface area (Å²) >= 11 is 0. The SMILES string of the molecule is Cn1cnnc1-c1c(-c2ccc(F)cc2)cccc1-c1nc2cc([C@@H](CO)N3CCC3)cc(C(F)(F)F)c2o1. The second-order valence-electron chi connectivity index (χ2n) is 9.52. The molecule has 1 aliphatic rings. The van der Waals surface area contributed by atoms with E-state index in [-0.39, 0.29) is 18.0 Å². The van der Waals surface area contributed by atoms with Crippen LogP contribution in [0.3, 0.4) is 0 Å². The molecule has 200 valence electrons. The maximum absolute atomic E-state index is 14.2. The van der Waals surface area contributed by atoms with E-state index in [1.807, 2.05) is 11.0 Å². The van der Waals surface area contributed by atoms with Crippen LogP contribution in [0.25, 0.3) is 45.1 Å². The molecule has 2 aromatic heterocycles. The molecule has 1 saturated heterocycles. The predicted octanol–water partition coefficient (Wildman–Crippen LogP) is 5.85. The molecule has 0 spiro atoms. The molecule has 1 N–H and O–H groups in total. The average Bonchev–Trinajstić information content (AvgIpc) is 3.50. The first kappa shape index (κ1) is 25.2. The lowest BCUT2D eigenvalue weighted by atomic mass is 9.94. The van der Waals surface area contributed by atoms with Gasteiger partial charge < -0.3 is 14.1 Å². The molecule has 0 amide bonds. The van der Waals surface area contributed by atoms with Crippen molar-refractivity contribution in [1.82, 2.24) is 24.6 Å². The minimum absolute atomic E-state index is 0.0286. The molecule has 1 fully saturated rings. The number of hydrogen-bond donors (Lipinski definition) is 1. The van der Waals surface area contributed by atoms with Gasteiger partial charge in [-0.05, 0) is 53.4 Å². The number of halogens is 4. The maximum atomic E-state index is 14.2. The van der Waals surface area contributed by atoms with Gasteiger partial charge in [-0.1, -0.05) is 24.3 Å². The fourth-order valence-electron chi connectivity index (χ4n) is 5.01. The molecule has 0 bridgehead atoms. The molecule has 1 aliphatic heterocycles. The van der Waals surface area contributed by atoms with Crippen LogP contribution < -0.4 is 0 Å². The molecule has 39 heavy (non-hydrogen) atoms.